The molecule has 0 saturated heterocycles. The Morgan fingerprint density at radius 2 is 1.36 bits per heavy atom. The van der Waals surface area contributed by atoms with E-state index in [1.165, 1.54) is 0 Å². The molecule has 3 aromatic rings. The van der Waals surface area contributed by atoms with Crippen LogP contribution in [0.25, 0.3) is 33.4 Å². The summed E-state index contributed by atoms with van der Waals surface area (Å²) in [5, 5.41) is 10.2. The summed E-state index contributed by atoms with van der Waals surface area (Å²) in [6.45, 7) is 9.21. The van der Waals surface area contributed by atoms with Gasteiger partial charge in [-0.25, -0.2) is 14.7 Å². The van der Waals surface area contributed by atoms with Crippen LogP contribution >= 0.6 is 0 Å². The van der Waals surface area contributed by atoms with E-state index in [2.05, 4.69) is 83.1 Å². The van der Waals surface area contributed by atoms with Crippen LogP contribution in [0, 0.1) is 13.8 Å². The van der Waals surface area contributed by atoms with E-state index in [9.17, 15) is 0 Å². The maximum atomic E-state index is 8.40. The Bertz CT molecular complexity index is 2040. The molecular weight excluding hydrogens is 718 g/mol. The molecule has 3 aliphatic rings. The summed E-state index contributed by atoms with van der Waals surface area (Å²) in [6, 6.07) is 24.9. The van der Waals surface area contributed by atoms with Gasteiger partial charge in [0.05, 0.1) is 49.8 Å². The van der Waals surface area contributed by atoms with Crippen molar-refractivity contribution in [1.82, 2.24) is 0 Å². The molecule has 6 rings (SSSR count). The number of aryl methyl sites for hydroxylation is 2. The highest BCUT2D eigenvalue weighted by atomic mass is 17.2. The zero-order valence-electron chi connectivity index (χ0n) is 32.8. The maximum absolute atomic E-state index is 8.40. The lowest BCUT2D eigenvalue weighted by Crippen LogP contribution is -2.35. The second-order valence-electron chi connectivity index (χ2n) is 13.5. The van der Waals surface area contributed by atoms with Crippen LogP contribution in [0.4, 0.5) is 11.4 Å². The van der Waals surface area contributed by atoms with Crippen molar-refractivity contribution in [2.75, 3.05) is 103 Å². The number of benzene rings is 4. The van der Waals surface area contributed by atoms with Gasteiger partial charge in [-0.2, -0.15) is 0 Å². The van der Waals surface area contributed by atoms with Gasteiger partial charge >= 0.3 is 0 Å². The minimum atomic E-state index is 0.200. The summed E-state index contributed by atoms with van der Waals surface area (Å²) >= 11 is 0. The molecule has 0 bridgehead atoms. The fraction of sp³-hybridized carbons (Fsp3) is 0.419. The lowest BCUT2D eigenvalue weighted by Gasteiger charge is -2.30. The minimum absolute atomic E-state index is 0.200. The lowest BCUT2D eigenvalue weighted by molar-refractivity contribution is -0.302. The molecule has 0 fully saturated rings. The number of rotatable bonds is 16. The number of nitrogens with zero attached hydrogens (tertiary/aromatic N) is 3. The first-order valence-corrected chi connectivity index (χ1v) is 19.0. The normalized spacial score (nSPS) is 14.1. The molecule has 3 aromatic carbocycles. The Labute approximate surface area is 328 Å². The van der Waals surface area contributed by atoms with Crippen LogP contribution in [0.1, 0.15) is 24.0 Å². The van der Waals surface area contributed by atoms with Gasteiger partial charge in [0.25, 0.3) is 0 Å². The Hall–Kier alpha value is -4.73. The van der Waals surface area contributed by atoms with Crippen LogP contribution in [0.5, 0.6) is 11.5 Å². The first-order chi connectivity index (χ1) is 27.5. The minimum Gasteiger partial charge on any atom is -0.488 e. The van der Waals surface area contributed by atoms with Crippen molar-refractivity contribution in [2.45, 2.75) is 26.7 Å². The van der Waals surface area contributed by atoms with Crippen molar-refractivity contribution >= 4 is 22.3 Å². The van der Waals surface area contributed by atoms with Crippen molar-refractivity contribution in [3.63, 3.8) is 0 Å². The van der Waals surface area contributed by atoms with Crippen molar-refractivity contribution in [1.29, 1.82) is 0 Å². The largest absolute Gasteiger partial charge is 0.488 e. The molecule has 1 N–H and O–H groups in total. The molecule has 0 radical (unpaired) electrons. The Morgan fingerprint density at radius 1 is 0.696 bits per heavy atom. The van der Waals surface area contributed by atoms with Gasteiger partial charge in [-0.15, -0.1) is 0 Å². The van der Waals surface area contributed by atoms with E-state index >= 15 is 0 Å². The molecular formula is C43H53N3O10. The van der Waals surface area contributed by atoms with Gasteiger partial charge in [0, 0.05) is 62.9 Å². The second kappa shape index (κ2) is 21.0. The fourth-order valence-electron chi connectivity index (χ4n) is 6.55. The molecule has 1 aliphatic carbocycles. The van der Waals surface area contributed by atoms with E-state index in [0.717, 1.165) is 67.0 Å². The predicted octanol–water partition coefficient (Wildman–Crippen LogP) is 7.25. The van der Waals surface area contributed by atoms with Crippen molar-refractivity contribution < 1.29 is 48.0 Å². The van der Waals surface area contributed by atoms with Crippen molar-refractivity contribution in [2.24, 2.45) is 4.99 Å². The number of anilines is 2. The quantitative estimate of drug-likeness (QED) is 0.0470. The van der Waals surface area contributed by atoms with E-state index in [0.29, 0.717) is 91.3 Å². The highest BCUT2D eigenvalue weighted by Crippen LogP contribution is 2.43. The molecule has 56 heavy (non-hydrogen) atoms. The van der Waals surface area contributed by atoms with Crippen molar-refractivity contribution in [3.05, 3.63) is 89.3 Å². The smallest absolute Gasteiger partial charge is 0.143 e. The van der Waals surface area contributed by atoms with E-state index in [1.807, 2.05) is 18.2 Å². The highest BCUT2D eigenvalue weighted by molar-refractivity contribution is 6.02. The maximum Gasteiger partial charge on any atom is 0.143 e. The third-order valence-corrected chi connectivity index (χ3v) is 9.36. The number of fused-ring (bicyclic) bond motifs is 4. The van der Waals surface area contributed by atoms with Gasteiger partial charge in [0.1, 0.15) is 49.5 Å². The average molecular weight is 772 g/mol. The van der Waals surface area contributed by atoms with Crippen molar-refractivity contribution in [3.8, 4) is 33.9 Å². The number of hydrogen-bond donors (Lipinski definition) is 1. The zero-order valence-corrected chi connectivity index (χ0v) is 32.8. The molecule has 13 heteroatoms. The molecule has 300 valence electrons. The Kier molecular flexibility index (Phi) is 15.3. The Morgan fingerprint density at radius 3 is 2.07 bits per heavy atom. The first-order valence-electron chi connectivity index (χ1n) is 19.0. The lowest BCUT2D eigenvalue weighted by atomic mass is 9.93. The fourth-order valence-corrected chi connectivity index (χ4v) is 6.55. The Balaban J connectivity index is 1.32. The summed E-state index contributed by atoms with van der Waals surface area (Å²) < 4.78 is 36.9. The molecule has 2 aliphatic heterocycles. The SMILES string of the molecule is COCCN1COCN(CCOC)c2ccc(-c3c4cc/c(=N/CCCOOCCCOO)cc-4oc4cc(C)ccc34)cc2OCCOc2cc(C)ccc21. The highest BCUT2D eigenvalue weighted by Gasteiger charge is 2.22. The molecule has 0 atom stereocenters. The van der Waals surface area contributed by atoms with E-state index in [4.69, 9.17) is 48.1 Å². The molecule has 0 unspecified atom stereocenters. The summed E-state index contributed by atoms with van der Waals surface area (Å²) in [6.07, 6.45) is 1.22. The van der Waals surface area contributed by atoms with Gasteiger partial charge in [0.2, 0.25) is 0 Å². The van der Waals surface area contributed by atoms with E-state index in [-0.39, 0.29) is 6.61 Å². The molecule has 2 heterocycles. The van der Waals surface area contributed by atoms with Gasteiger partial charge in [-0.05, 0) is 79.4 Å². The molecule has 0 spiro atoms. The van der Waals surface area contributed by atoms with Crippen LogP contribution in [-0.4, -0.2) is 98.8 Å². The summed E-state index contributed by atoms with van der Waals surface area (Å²) in [4.78, 5) is 23.4. The number of methoxy groups -OCH3 is 2. The summed E-state index contributed by atoms with van der Waals surface area (Å²) in [7, 11) is 3.40. The summed E-state index contributed by atoms with van der Waals surface area (Å²) in [5.41, 5.74) is 7.79. The standard InChI is InChI=1S/C43H53N3O10/c1-31-7-11-35-39(25-31)56-40-28-34(44-15-5-19-54-55-20-6-18-53-47)10-12-36(40)43(35)33-9-14-38-42(27-33)52-24-23-51-41-26-32(2)8-13-37(41)45(16-21-48-3)29-50-30-46(38)17-22-49-4/h7-14,25-28,47H,5-6,15-24,29-30H2,1-4H3/b44-34-. The molecule has 0 amide bonds. The van der Waals surface area contributed by atoms with Gasteiger partial charge in [-0.3, -0.25) is 10.2 Å². The van der Waals surface area contributed by atoms with Crippen LogP contribution in [0.3, 0.4) is 0 Å². The van der Waals surface area contributed by atoms with Crippen LogP contribution < -0.4 is 24.6 Å². The second-order valence-corrected chi connectivity index (χ2v) is 13.5. The third kappa shape index (κ3) is 10.8. The molecule has 0 aromatic heterocycles. The monoisotopic (exact) mass is 771 g/mol. The number of hydrogen-bond acceptors (Lipinski definition) is 13. The van der Waals surface area contributed by atoms with Crippen LogP contribution in [-0.2, 0) is 28.9 Å². The molecule has 13 nitrogen and oxygen atoms in total. The van der Waals surface area contributed by atoms with Crippen LogP contribution in [0.2, 0.25) is 0 Å². The van der Waals surface area contributed by atoms with E-state index in [1.54, 1.807) is 14.2 Å². The average Bonchev–Trinajstić information content (AvgIpc) is 3.21. The molecule has 0 saturated carbocycles. The predicted molar refractivity (Wildman–Crippen MR) is 215 cm³/mol. The van der Waals surface area contributed by atoms with Gasteiger partial charge in [0.15, 0.2) is 0 Å². The van der Waals surface area contributed by atoms with E-state index < -0.39 is 0 Å². The van der Waals surface area contributed by atoms with Gasteiger partial charge < -0.3 is 37.9 Å². The van der Waals surface area contributed by atoms with Crippen LogP contribution in [0.15, 0.2) is 82.2 Å². The zero-order chi connectivity index (χ0) is 39.1. The third-order valence-electron chi connectivity index (χ3n) is 9.36. The topological polar surface area (TPSA) is 126 Å². The first kappa shape index (κ1) is 40.9. The van der Waals surface area contributed by atoms with Gasteiger partial charge in [-0.1, -0.05) is 24.3 Å². The summed E-state index contributed by atoms with van der Waals surface area (Å²) in [5.74, 6) is 2.21. The number of ether oxygens (including phenoxy) is 5.